The quantitative estimate of drug-likeness (QED) is 0.463. The second-order valence-corrected chi connectivity index (χ2v) is 2.57. The molecule has 0 aromatic heterocycles. The van der Waals surface area contributed by atoms with Crippen molar-refractivity contribution in [2.75, 3.05) is 0 Å². The maximum absolute atomic E-state index is 10.7. The first kappa shape index (κ1) is 15.0. The maximum atomic E-state index is 10.7. The second-order valence-electron chi connectivity index (χ2n) is 2.57. The van der Waals surface area contributed by atoms with Crippen LogP contribution in [0.5, 0.6) is 0 Å². The predicted molar refractivity (Wildman–Crippen MR) is 55.6 cm³/mol. The molecule has 0 aliphatic carbocycles. The van der Waals surface area contributed by atoms with Crippen LogP contribution in [-0.2, 0) is 0 Å². The van der Waals surface area contributed by atoms with Gasteiger partial charge in [0.15, 0.2) is 5.56 Å². The molecule has 2 N–H and O–H groups in total. The molecule has 0 bridgehead atoms. The normalized spacial score (nSPS) is 9.00. The van der Waals surface area contributed by atoms with Gasteiger partial charge in [0.1, 0.15) is 0 Å². The molecule has 0 aliphatic rings. The van der Waals surface area contributed by atoms with Crippen LogP contribution in [0.25, 0.3) is 0 Å². The van der Waals surface area contributed by atoms with E-state index in [2.05, 4.69) is 0 Å². The van der Waals surface area contributed by atoms with Crippen LogP contribution in [0.1, 0.15) is 20.7 Å². The third-order valence-electron chi connectivity index (χ3n) is 1.68. The Labute approximate surface area is 126 Å². The second kappa shape index (κ2) is 5.95. The SMILES string of the molecule is O=C(O)c1cccc([N+](=O)[O-])c1C(=O)O.[SrH2]. The molecule has 1 rings (SSSR count). The molecule has 1 aromatic rings. The van der Waals surface area contributed by atoms with E-state index in [9.17, 15) is 19.7 Å². The van der Waals surface area contributed by atoms with Crippen LogP contribution in [0, 0.1) is 10.1 Å². The van der Waals surface area contributed by atoms with E-state index in [4.69, 9.17) is 10.2 Å². The summed E-state index contributed by atoms with van der Waals surface area (Å²) in [6, 6.07) is 3.06. The van der Waals surface area contributed by atoms with Crippen molar-refractivity contribution in [3.8, 4) is 0 Å². The van der Waals surface area contributed by atoms with E-state index in [1.165, 1.54) is 0 Å². The van der Waals surface area contributed by atoms with E-state index >= 15 is 0 Å². The summed E-state index contributed by atoms with van der Waals surface area (Å²) in [5.74, 6) is -3.16. The van der Waals surface area contributed by atoms with Crippen molar-refractivity contribution >= 4 is 63.1 Å². The molecule has 0 fully saturated rings. The van der Waals surface area contributed by atoms with Gasteiger partial charge in [-0.25, -0.2) is 9.59 Å². The molecule has 82 valence electrons. The van der Waals surface area contributed by atoms with E-state index in [1.54, 1.807) is 0 Å². The molecule has 0 aliphatic heterocycles. The van der Waals surface area contributed by atoms with Crippen LogP contribution in [0.3, 0.4) is 0 Å². The number of nitro benzene ring substituents is 1. The van der Waals surface area contributed by atoms with Crippen molar-refractivity contribution < 1.29 is 24.7 Å². The molecule has 0 saturated carbocycles. The Bertz CT molecular complexity index is 426. The fourth-order valence-electron chi connectivity index (χ4n) is 1.10. The van der Waals surface area contributed by atoms with Crippen molar-refractivity contribution in [1.82, 2.24) is 0 Å². The van der Waals surface area contributed by atoms with E-state index < -0.39 is 33.7 Å². The first-order valence-electron chi connectivity index (χ1n) is 3.69. The first-order valence-corrected chi connectivity index (χ1v) is 3.69. The van der Waals surface area contributed by atoms with Crippen LogP contribution in [-0.4, -0.2) is 72.6 Å². The molecule has 1 aromatic carbocycles. The molecular weight excluding hydrogens is 294 g/mol. The molecule has 0 saturated heterocycles. The standard InChI is InChI=1S/C8H5NO6.Sr.2H/c10-7(11)4-2-1-3-5(9(14)15)6(4)8(12)13;;;/h1-3H,(H,10,11)(H,12,13);;;. The number of aromatic carboxylic acids is 2. The van der Waals surface area contributed by atoms with Crippen LogP contribution < -0.4 is 0 Å². The predicted octanol–water partition coefficient (Wildman–Crippen LogP) is 0.0750. The van der Waals surface area contributed by atoms with Crippen LogP contribution >= 0.6 is 0 Å². The Morgan fingerprint density at radius 1 is 1.19 bits per heavy atom. The Hall–Kier alpha value is -0.959. The van der Waals surface area contributed by atoms with Gasteiger partial charge in [0.25, 0.3) is 5.69 Å². The summed E-state index contributed by atoms with van der Waals surface area (Å²) in [5, 5.41) is 27.8. The minimum atomic E-state index is -1.64. The zero-order valence-corrected chi connectivity index (χ0v) is 7.21. The Morgan fingerprint density at radius 3 is 2.12 bits per heavy atom. The topological polar surface area (TPSA) is 118 Å². The van der Waals surface area contributed by atoms with E-state index in [-0.39, 0.29) is 45.5 Å². The Morgan fingerprint density at radius 2 is 1.75 bits per heavy atom. The average molecular weight is 301 g/mol. The third-order valence-corrected chi connectivity index (χ3v) is 1.68. The van der Waals surface area contributed by atoms with Gasteiger partial charge >= 0.3 is 57.4 Å². The molecular formula is C8H7NO6Sr. The molecule has 0 amide bonds. The summed E-state index contributed by atoms with van der Waals surface area (Å²) in [6.45, 7) is 0. The van der Waals surface area contributed by atoms with Gasteiger partial charge in [0.05, 0.1) is 10.5 Å². The summed E-state index contributed by atoms with van der Waals surface area (Å²) >= 11 is 0. The van der Waals surface area contributed by atoms with Crippen LogP contribution in [0.4, 0.5) is 5.69 Å². The first-order chi connectivity index (χ1) is 6.95. The molecule has 8 heteroatoms. The fourth-order valence-corrected chi connectivity index (χ4v) is 1.10. The molecule has 0 unspecified atom stereocenters. The van der Waals surface area contributed by atoms with E-state index in [0.717, 1.165) is 18.2 Å². The average Bonchev–Trinajstić information content (AvgIpc) is 2.16. The number of benzene rings is 1. The van der Waals surface area contributed by atoms with Crippen molar-refractivity contribution in [2.45, 2.75) is 0 Å². The number of rotatable bonds is 3. The third kappa shape index (κ3) is 3.02. The van der Waals surface area contributed by atoms with Crippen LogP contribution in [0.2, 0.25) is 0 Å². The summed E-state index contributed by atoms with van der Waals surface area (Å²) in [5.41, 5.74) is -2.14. The van der Waals surface area contributed by atoms with Crippen molar-refractivity contribution in [3.05, 3.63) is 39.4 Å². The van der Waals surface area contributed by atoms with Crippen LogP contribution in [0.15, 0.2) is 18.2 Å². The zero-order chi connectivity index (χ0) is 11.6. The van der Waals surface area contributed by atoms with Crippen molar-refractivity contribution in [1.29, 1.82) is 0 Å². The number of carbonyl (C=O) groups is 2. The van der Waals surface area contributed by atoms with E-state index in [1.807, 2.05) is 0 Å². The molecule has 0 spiro atoms. The van der Waals surface area contributed by atoms with Gasteiger partial charge in [0.2, 0.25) is 0 Å². The number of hydrogen-bond donors (Lipinski definition) is 2. The van der Waals surface area contributed by atoms with Gasteiger partial charge in [-0.1, -0.05) is 6.07 Å². The summed E-state index contributed by atoms with van der Waals surface area (Å²) < 4.78 is 0. The summed E-state index contributed by atoms with van der Waals surface area (Å²) in [6.07, 6.45) is 0. The number of carboxylic acids is 2. The zero-order valence-electron chi connectivity index (χ0n) is 7.21. The molecule has 0 atom stereocenters. The fraction of sp³-hybridized carbons (Fsp3) is 0. The minimum absolute atomic E-state index is 0. The molecule has 7 nitrogen and oxygen atoms in total. The summed E-state index contributed by atoms with van der Waals surface area (Å²) in [7, 11) is 0. The molecule has 16 heavy (non-hydrogen) atoms. The monoisotopic (exact) mass is 301 g/mol. The molecule has 0 heterocycles. The summed E-state index contributed by atoms with van der Waals surface area (Å²) in [4.78, 5) is 30.8. The van der Waals surface area contributed by atoms with Crippen molar-refractivity contribution in [3.63, 3.8) is 0 Å². The Balaban J connectivity index is 0.00000225. The molecule has 0 radical (unpaired) electrons. The number of hydrogen-bond acceptors (Lipinski definition) is 4. The van der Waals surface area contributed by atoms with Gasteiger partial charge < -0.3 is 10.2 Å². The van der Waals surface area contributed by atoms with Gasteiger partial charge in [-0.15, -0.1) is 0 Å². The van der Waals surface area contributed by atoms with E-state index in [0.29, 0.717) is 0 Å². The van der Waals surface area contributed by atoms with Gasteiger partial charge in [-0.2, -0.15) is 0 Å². The van der Waals surface area contributed by atoms with Gasteiger partial charge in [0, 0.05) is 6.07 Å². The van der Waals surface area contributed by atoms with Crippen molar-refractivity contribution in [2.24, 2.45) is 0 Å². The number of nitro groups is 1. The Kier molecular flexibility index (Phi) is 5.59. The van der Waals surface area contributed by atoms with Gasteiger partial charge in [-0.3, -0.25) is 10.1 Å². The van der Waals surface area contributed by atoms with Gasteiger partial charge in [-0.05, 0) is 6.07 Å². The number of nitrogens with zero attached hydrogens (tertiary/aromatic N) is 1. The number of carboxylic acid groups (broad SMARTS) is 2.